The average Bonchev–Trinajstić information content (AvgIpc) is 2.81. The van der Waals surface area contributed by atoms with Crippen molar-refractivity contribution in [3.63, 3.8) is 0 Å². The molecule has 0 radical (unpaired) electrons. The van der Waals surface area contributed by atoms with Crippen LogP contribution in [0.15, 0.2) is 12.4 Å². The van der Waals surface area contributed by atoms with Crippen LogP contribution in [0.5, 0.6) is 0 Å². The Balaban J connectivity index is 1.79. The van der Waals surface area contributed by atoms with Crippen molar-refractivity contribution in [1.82, 2.24) is 15.3 Å². The van der Waals surface area contributed by atoms with E-state index in [-0.39, 0.29) is 11.9 Å². The molecular weight excluding hydrogens is 280 g/mol. The number of methoxy groups -OCH3 is 1. The van der Waals surface area contributed by atoms with E-state index < -0.39 is 0 Å². The minimum atomic E-state index is -0.120. The fraction of sp³-hybridized carbons (Fsp3) is 0.688. The first kappa shape index (κ1) is 16.7. The maximum absolute atomic E-state index is 12.2. The minimum absolute atomic E-state index is 0.120. The van der Waals surface area contributed by atoms with Gasteiger partial charge in [0.2, 0.25) is 0 Å². The van der Waals surface area contributed by atoms with Crippen LogP contribution < -0.4 is 10.6 Å². The quantitative estimate of drug-likeness (QED) is 0.597. The Kier molecular flexibility index (Phi) is 7.09. The van der Waals surface area contributed by atoms with Crippen LogP contribution in [0, 0.1) is 0 Å². The smallest absolute Gasteiger partial charge is 0.271 e. The van der Waals surface area contributed by atoms with Gasteiger partial charge in [0.15, 0.2) is 0 Å². The number of hydrogen-bond acceptors (Lipinski definition) is 5. The van der Waals surface area contributed by atoms with E-state index in [1.165, 1.54) is 31.9 Å². The lowest BCUT2D eigenvalue weighted by Crippen LogP contribution is -2.34. The van der Waals surface area contributed by atoms with Gasteiger partial charge in [0.1, 0.15) is 11.5 Å². The van der Waals surface area contributed by atoms with Crippen LogP contribution in [0.3, 0.4) is 0 Å². The number of rotatable bonds is 7. The van der Waals surface area contributed by atoms with Crippen LogP contribution in [-0.2, 0) is 4.74 Å². The second kappa shape index (κ2) is 9.35. The van der Waals surface area contributed by atoms with Gasteiger partial charge in [0, 0.05) is 26.3 Å². The molecule has 6 heteroatoms. The second-order valence-corrected chi connectivity index (χ2v) is 5.72. The highest BCUT2D eigenvalue weighted by atomic mass is 16.5. The highest BCUT2D eigenvalue weighted by molar-refractivity contribution is 5.92. The number of nitrogens with zero attached hydrogens (tertiary/aromatic N) is 2. The summed E-state index contributed by atoms with van der Waals surface area (Å²) in [4.78, 5) is 20.6. The normalized spacial score (nSPS) is 16.0. The molecule has 0 spiro atoms. The second-order valence-electron chi connectivity index (χ2n) is 5.72. The number of amides is 1. The third kappa shape index (κ3) is 5.60. The van der Waals surface area contributed by atoms with Gasteiger partial charge in [-0.1, -0.05) is 25.7 Å². The number of nitrogens with one attached hydrogen (secondary N) is 2. The summed E-state index contributed by atoms with van der Waals surface area (Å²) in [6.07, 6.45) is 11.1. The average molecular weight is 306 g/mol. The highest BCUT2D eigenvalue weighted by Gasteiger charge is 2.16. The predicted molar refractivity (Wildman–Crippen MR) is 86.0 cm³/mol. The molecule has 1 aromatic rings. The molecule has 0 aromatic carbocycles. The van der Waals surface area contributed by atoms with E-state index in [9.17, 15) is 4.79 Å². The van der Waals surface area contributed by atoms with E-state index in [4.69, 9.17) is 4.74 Å². The van der Waals surface area contributed by atoms with Gasteiger partial charge in [0.05, 0.1) is 12.4 Å². The lowest BCUT2D eigenvalue weighted by Gasteiger charge is -2.15. The zero-order chi connectivity index (χ0) is 15.6. The van der Waals surface area contributed by atoms with E-state index in [2.05, 4.69) is 20.6 Å². The van der Waals surface area contributed by atoms with E-state index in [1.54, 1.807) is 13.3 Å². The van der Waals surface area contributed by atoms with E-state index >= 15 is 0 Å². The summed E-state index contributed by atoms with van der Waals surface area (Å²) in [5.41, 5.74) is 0.381. The molecule has 1 fully saturated rings. The molecular formula is C16H26N4O2. The molecule has 1 saturated carbocycles. The third-order valence-electron chi connectivity index (χ3n) is 3.91. The molecule has 122 valence electrons. The Hall–Kier alpha value is -1.69. The molecule has 22 heavy (non-hydrogen) atoms. The molecule has 0 atom stereocenters. The van der Waals surface area contributed by atoms with E-state index in [0.29, 0.717) is 18.1 Å². The van der Waals surface area contributed by atoms with Crippen LogP contribution in [0.1, 0.15) is 55.4 Å². The summed E-state index contributed by atoms with van der Waals surface area (Å²) in [7, 11) is 1.68. The number of anilines is 1. The number of carbonyl (C=O) groups excluding carboxylic acids is 1. The zero-order valence-electron chi connectivity index (χ0n) is 13.3. The summed E-state index contributed by atoms with van der Waals surface area (Å²) in [6, 6.07) is 0.281. The monoisotopic (exact) mass is 306 g/mol. The molecule has 1 amide bonds. The first-order chi connectivity index (χ1) is 10.8. The fourth-order valence-corrected chi connectivity index (χ4v) is 2.65. The van der Waals surface area contributed by atoms with Crippen LogP contribution in [0.25, 0.3) is 0 Å². The SMILES string of the molecule is COCCCNc1cnc(C(=O)NC2CCCCCC2)cn1. The lowest BCUT2D eigenvalue weighted by atomic mass is 10.1. The Morgan fingerprint density at radius 3 is 2.64 bits per heavy atom. The van der Waals surface area contributed by atoms with Gasteiger partial charge in [-0.3, -0.25) is 4.79 Å². The molecule has 0 aliphatic heterocycles. The van der Waals surface area contributed by atoms with Crippen molar-refractivity contribution in [2.24, 2.45) is 0 Å². The molecule has 2 N–H and O–H groups in total. The zero-order valence-corrected chi connectivity index (χ0v) is 13.3. The molecule has 0 bridgehead atoms. The summed E-state index contributed by atoms with van der Waals surface area (Å²) >= 11 is 0. The first-order valence-electron chi connectivity index (χ1n) is 8.15. The lowest BCUT2D eigenvalue weighted by molar-refractivity contribution is 0.0928. The van der Waals surface area contributed by atoms with Crippen molar-refractivity contribution >= 4 is 11.7 Å². The van der Waals surface area contributed by atoms with E-state index in [1.807, 2.05) is 0 Å². The molecule has 1 heterocycles. The maximum Gasteiger partial charge on any atom is 0.271 e. The van der Waals surface area contributed by atoms with Crippen molar-refractivity contribution in [3.8, 4) is 0 Å². The van der Waals surface area contributed by atoms with Crippen LogP contribution in [0.4, 0.5) is 5.82 Å². The summed E-state index contributed by atoms with van der Waals surface area (Å²) in [5, 5.41) is 6.23. The van der Waals surface area contributed by atoms with Crippen molar-refractivity contribution in [2.45, 2.75) is 51.0 Å². The third-order valence-corrected chi connectivity index (χ3v) is 3.91. The predicted octanol–water partition coefficient (Wildman–Crippen LogP) is 2.38. The number of aromatic nitrogens is 2. The Bertz CT molecular complexity index is 442. The molecule has 2 rings (SSSR count). The Morgan fingerprint density at radius 1 is 1.23 bits per heavy atom. The first-order valence-corrected chi connectivity index (χ1v) is 8.15. The van der Waals surface area contributed by atoms with Crippen LogP contribution in [0.2, 0.25) is 0 Å². The van der Waals surface area contributed by atoms with Crippen molar-refractivity contribution < 1.29 is 9.53 Å². The standard InChI is InChI=1S/C16H26N4O2/c1-22-10-6-9-17-15-12-18-14(11-19-15)16(21)20-13-7-4-2-3-5-8-13/h11-13H,2-10H2,1H3,(H,17,19)(H,20,21). The Morgan fingerprint density at radius 2 is 2.00 bits per heavy atom. The van der Waals surface area contributed by atoms with Crippen molar-refractivity contribution in [1.29, 1.82) is 0 Å². The number of hydrogen-bond donors (Lipinski definition) is 2. The van der Waals surface area contributed by atoms with Gasteiger partial charge in [-0.15, -0.1) is 0 Å². The molecule has 0 saturated heterocycles. The van der Waals surface area contributed by atoms with Gasteiger partial charge in [0.25, 0.3) is 5.91 Å². The molecule has 0 unspecified atom stereocenters. The molecule has 1 aromatic heterocycles. The van der Waals surface area contributed by atoms with Gasteiger partial charge >= 0.3 is 0 Å². The largest absolute Gasteiger partial charge is 0.385 e. The van der Waals surface area contributed by atoms with Gasteiger partial charge < -0.3 is 15.4 Å². The molecule has 1 aliphatic rings. The number of carbonyl (C=O) groups is 1. The van der Waals surface area contributed by atoms with Crippen molar-refractivity contribution in [2.75, 3.05) is 25.6 Å². The van der Waals surface area contributed by atoms with Gasteiger partial charge in [-0.2, -0.15) is 0 Å². The fourth-order valence-electron chi connectivity index (χ4n) is 2.65. The highest BCUT2D eigenvalue weighted by Crippen LogP contribution is 2.17. The van der Waals surface area contributed by atoms with Gasteiger partial charge in [-0.25, -0.2) is 9.97 Å². The summed E-state index contributed by atoms with van der Waals surface area (Å²) < 4.78 is 4.98. The van der Waals surface area contributed by atoms with E-state index in [0.717, 1.165) is 25.8 Å². The maximum atomic E-state index is 12.2. The Labute approximate surface area is 132 Å². The van der Waals surface area contributed by atoms with Gasteiger partial charge in [-0.05, 0) is 19.3 Å². The number of ether oxygens (including phenoxy) is 1. The van der Waals surface area contributed by atoms with Crippen molar-refractivity contribution in [3.05, 3.63) is 18.1 Å². The van der Waals surface area contributed by atoms with Crippen LogP contribution in [-0.4, -0.2) is 42.2 Å². The minimum Gasteiger partial charge on any atom is -0.385 e. The molecule has 6 nitrogen and oxygen atoms in total. The topological polar surface area (TPSA) is 76.1 Å². The summed E-state index contributed by atoms with van der Waals surface area (Å²) in [6.45, 7) is 1.48. The van der Waals surface area contributed by atoms with Crippen LogP contribution >= 0.6 is 0 Å². The summed E-state index contributed by atoms with van der Waals surface area (Å²) in [5.74, 6) is 0.562. The molecule has 1 aliphatic carbocycles.